The van der Waals surface area contributed by atoms with Crippen LogP contribution in [0.5, 0.6) is 5.75 Å². The van der Waals surface area contributed by atoms with Crippen LogP contribution in [0.2, 0.25) is 5.15 Å². The first-order chi connectivity index (χ1) is 8.69. The van der Waals surface area contributed by atoms with Crippen molar-refractivity contribution in [3.63, 3.8) is 0 Å². The number of nitrogens with zero attached hydrogens (tertiary/aromatic N) is 2. The number of aryl methyl sites for hydroxylation is 1. The van der Waals surface area contributed by atoms with Crippen molar-refractivity contribution in [2.75, 3.05) is 7.11 Å². The zero-order chi connectivity index (χ0) is 13.1. The fraction of sp³-hybridized carbons (Fsp3) is 0.143. The highest BCUT2D eigenvalue weighted by molar-refractivity contribution is 6.31. The summed E-state index contributed by atoms with van der Waals surface area (Å²) in [5.74, 6) is 0.708. The third-order valence-electron chi connectivity index (χ3n) is 2.71. The van der Waals surface area contributed by atoms with Crippen molar-refractivity contribution in [1.82, 2.24) is 4.98 Å². The van der Waals surface area contributed by atoms with Gasteiger partial charge in [0.2, 0.25) is 0 Å². The molecule has 0 bridgehead atoms. The molecule has 0 saturated carbocycles. The normalized spacial score (nSPS) is 9.89. The van der Waals surface area contributed by atoms with E-state index in [9.17, 15) is 5.26 Å². The first kappa shape index (κ1) is 12.4. The Labute approximate surface area is 111 Å². The van der Waals surface area contributed by atoms with Crippen molar-refractivity contribution >= 4 is 11.6 Å². The van der Waals surface area contributed by atoms with Crippen molar-refractivity contribution < 1.29 is 4.74 Å². The van der Waals surface area contributed by atoms with Crippen LogP contribution in [-0.4, -0.2) is 12.1 Å². The van der Waals surface area contributed by atoms with Crippen LogP contribution in [0.4, 0.5) is 0 Å². The maximum absolute atomic E-state index is 9.23. The Morgan fingerprint density at radius 1 is 1.33 bits per heavy atom. The maximum Gasteiger partial charge on any atom is 0.147 e. The van der Waals surface area contributed by atoms with Crippen LogP contribution in [0, 0.1) is 18.3 Å². The Morgan fingerprint density at radius 3 is 2.72 bits per heavy atom. The number of rotatable bonds is 2. The summed E-state index contributed by atoms with van der Waals surface area (Å²) < 4.78 is 5.32. The van der Waals surface area contributed by atoms with Gasteiger partial charge in [-0.05, 0) is 18.6 Å². The second-order valence-corrected chi connectivity index (χ2v) is 4.15. The van der Waals surface area contributed by atoms with E-state index in [1.807, 2.05) is 31.2 Å². The molecule has 18 heavy (non-hydrogen) atoms. The lowest BCUT2D eigenvalue weighted by atomic mass is 9.97. The summed E-state index contributed by atoms with van der Waals surface area (Å²) in [5, 5.41) is 9.45. The molecule has 2 aromatic rings. The number of para-hydroxylation sites is 1. The summed E-state index contributed by atoms with van der Waals surface area (Å²) in [6, 6.07) is 9.63. The molecule has 0 spiro atoms. The van der Waals surface area contributed by atoms with E-state index < -0.39 is 0 Å². The van der Waals surface area contributed by atoms with Gasteiger partial charge in [0.15, 0.2) is 0 Å². The number of hydrogen-bond acceptors (Lipinski definition) is 3. The van der Waals surface area contributed by atoms with Crippen molar-refractivity contribution in [3.05, 3.63) is 46.7 Å². The van der Waals surface area contributed by atoms with Crippen molar-refractivity contribution in [3.8, 4) is 22.9 Å². The number of hydrogen-bond donors (Lipinski definition) is 0. The van der Waals surface area contributed by atoms with Crippen LogP contribution in [0.3, 0.4) is 0 Å². The zero-order valence-corrected chi connectivity index (χ0v) is 10.8. The van der Waals surface area contributed by atoms with Gasteiger partial charge in [-0.2, -0.15) is 5.26 Å². The number of benzene rings is 1. The molecule has 3 nitrogen and oxygen atoms in total. The average molecular weight is 259 g/mol. The predicted octanol–water partition coefficient (Wildman–Crippen LogP) is 3.59. The first-order valence-corrected chi connectivity index (χ1v) is 5.75. The zero-order valence-electron chi connectivity index (χ0n) is 10.1. The molecule has 0 N–H and O–H groups in total. The van der Waals surface area contributed by atoms with Gasteiger partial charge in [-0.15, -0.1) is 0 Å². The van der Waals surface area contributed by atoms with Gasteiger partial charge in [0.1, 0.15) is 17.0 Å². The highest BCUT2D eigenvalue weighted by atomic mass is 35.5. The minimum atomic E-state index is 0.212. The Bertz CT molecular complexity index is 632. The molecule has 0 amide bonds. The topological polar surface area (TPSA) is 45.9 Å². The molecule has 1 aromatic carbocycles. The summed E-state index contributed by atoms with van der Waals surface area (Å²) in [5.41, 5.74) is 2.88. The van der Waals surface area contributed by atoms with E-state index in [1.165, 1.54) is 0 Å². The molecule has 0 aliphatic rings. The molecular formula is C14H11ClN2O. The minimum Gasteiger partial charge on any atom is -0.496 e. The van der Waals surface area contributed by atoms with E-state index in [0.717, 1.165) is 16.7 Å². The highest BCUT2D eigenvalue weighted by Crippen LogP contribution is 2.36. The Morgan fingerprint density at radius 2 is 2.06 bits per heavy atom. The second kappa shape index (κ2) is 5.07. The molecule has 0 unspecified atom stereocenters. The molecule has 0 saturated heterocycles. The fourth-order valence-electron chi connectivity index (χ4n) is 1.88. The molecular weight excluding hydrogens is 248 g/mol. The number of pyridine rings is 1. The Kier molecular flexibility index (Phi) is 3.50. The molecule has 1 aromatic heterocycles. The van der Waals surface area contributed by atoms with Gasteiger partial charge in [0.25, 0.3) is 0 Å². The van der Waals surface area contributed by atoms with Crippen molar-refractivity contribution in [1.29, 1.82) is 5.26 Å². The van der Waals surface area contributed by atoms with Crippen LogP contribution in [-0.2, 0) is 0 Å². The predicted molar refractivity (Wildman–Crippen MR) is 70.7 cm³/mol. The van der Waals surface area contributed by atoms with Crippen LogP contribution < -0.4 is 4.74 Å². The van der Waals surface area contributed by atoms with Crippen LogP contribution >= 0.6 is 11.6 Å². The number of aromatic nitrogens is 1. The van der Waals surface area contributed by atoms with E-state index in [2.05, 4.69) is 11.1 Å². The molecule has 2 rings (SSSR count). The summed E-state index contributed by atoms with van der Waals surface area (Å²) in [7, 11) is 1.60. The second-order valence-electron chi connectivity index (χ2n) is 3.79. The van der Waals surface area contributed by atoms with Crippen LogP contribution in [0.1, 0.15) is 11.1 Å². The summed E-state index contributed by atoms with van der Waals surface area (Å²) in [6.45, 7) is 1.89. The van der Waals surface area contributed by atoms with Gasteiger partial charge in [-0.1, -0.05) is 29.8 Å². The monoisotopic (exact) mass is 258 g/mol. The Balaban J connectivity index is 2.79. The molecule has 4 heteroatoms. The highest BCUT2D eigenvalue weighted by Gasteiger charge is 2.16. The van der Waals surface area contributed by atoms with E-state index in [0.29, 0.717) is 11.3 Å². The van der Waals surface area contributed by atoms with Gasteiger partial charge in [-0.3, -0.25) is 0 Å². The summed E-state index contributed by atoms with van der Waals surface area (Å²) >= 11 is 5.97. The first-order valence-electron chi connectivity index (χ1n) is 5.37. The molecule has 0 atom stereocenters. The van der Waals surface area contributed by atoms with E-state index in [-0.39, 0.29) is 5.15 Å². The third kappa shape index (κ3) is 2.03. The average Bonchev–Trinajstić information content (AvgIpc) is 2.41. The number of halogens is 1. The maximum atomic E-state index is 9.23. The van der Waals surface area contributed by atoms with Gasteiger partial charge in [-0.25, -0.2) is 4.98 Å². The molecule has 1 heterocycles. The quantitative estimate of drug-likeness (QED) is 0.774. The molecule has 0 aliphatic heterocycles. The summed E-state index contributed by atoms with van der Waals surface area (Å²) in [4.78, 5) is 3.99. The lowest BCUT2D eigenvalue weighted by molar-refractivity contribution is 0.416. The van der Waals surface area contributed by atoms with Crippen LogP contribution in [0.15, 0.2) is 30.5 Å². The Hall–Kier alpha value is -2.05. The van der Waals surface area contributed by atoms with Crippen molar-refractivity contribution in [2.45, 2.75) is 6.92 Å². The lowest BCUT2D eigenvalue weighted by Gasteiger charge is -2.12. The van der Waals surface area contributed by atoms with Crippen molar-refractivity contribution in [2.24, 2.45) is 0 Å². The number of ether oxygens (including phenoxy) is 1. The van der Waals surface area contributed by atoms with Gasteiger partial charge >= 0.3 is 0 Å². The largest absolute Gasteiger partial charge is 0.496 e. The minimum absolute atomic E-state index is 0.212. The lowest BCUT2D eigenvalue weighted by Crippen LogP contribution is -1.95. The molecule has 0 aliphatic carbocycles. The third-order valence-corrected chi connectivity index (χ3v) is 3.00. The van der Waals surface area contributed by atoms with E-state index >= 15 is 0 Å². The number of methoxy groups -OCH3 is 1. The standard InChI is InChI=1S/C14H11ClN2O/c1-9-8-17-14(15)11(7-16)13(9)10-5-3-4-6-12(10)18-2/h3-6,8H,1-2H3. The number of nitriles is 1. The smallest absolute Gasteiger partial charge is 0.147 e. The van der Waals surface area contributed by atoms with Crippen LogP contribution in [0.25, 0.3) is 11.1 Å². The SMILES string of the molecule is COc1ccccc1-c1c(C)cnc(Cl)c1C#N. The fourth-order valence-corrected chi connectivity index (χ4v) is 2.07. The summed E-state index contributed by atoms with van der Waals surface area (Å²) in [6.07, 6.45) is 1.66. The van der Waals surface area contributed by atoms with Gasteiger partial charge in [0, 0.05) is 17.3 Å². The van der Waals surface area contributed by atoms with E-state index in [1.54, 1.807) is 13.3 Å². The van der Waals surface area contributed by atoms with Gasteiger partial charge < -0.3 is 4.74 Å². The molecule has 0 fully saturated rings. The van der Waals surface area contributed by atoms with Gasteiger partial charge in [0.05, 0.1) is 12.7 Å². The molecule has 90 valence electrons. The molecule has 0 radical (unpaired) electrons. The van der Waals surface area contributed by atoms with E-state index in [4.69, 9.17) is 16.3 Å².